The van der Waals surface area contributed by atoms with E-state index < -0.39 is 0 Å². The standard InChI is InChI=1S/C16H27NO3/c1-12-8-13(2)15(14(3)9-12)11-20-16(18)10-17-4-6-19-7-5-17/h8,13-15H,4-7,9-11H2,1-3H3/t13-,14+,15-/m0/s1. The van der Waals surface area contributed by atoms with Crippen molar-refractivity contribution in [2.75, 3.05) is 39.5 Å². The fraction of sp³-hybridized carbons (Fsp3) is 0.812. The van der Waals surface area contributed by atoms with Gasteiger partial charge in [0.25, 0.3) is 0 Å². The number of allylic oxidation sites excluding steroid dienone is 2. The number of nitrogens with zero attached hydrogens (tertiary/aromatic N) is 1. The Balaban J connectivity index is 1.75. The average molecular weight is 281 g/mol. The Bertz CT molecular complexity index is 361. The molecule has 2 aliphatic rings. The third-order valence-corrected chi connectivity index (χ3v) is 4.49. The molecule has 0 unspecified atom stereocenters. The average Bonchev–Trinajstić information content (AvgIpc) is 2.38. The molecule has 0 aromatic heterocycles. The lowest BCUT2D eigenvalue weighted by molar-refractivity contribution is -0.148. The topological polar surface area (TPSA) is 38.8 Å². The van der Waals surface area contributed by atoms with Gasteiger partial charge in [0.15, 0.2) is 0 Å². The summed E-state index contributed by atoms with van der Waals surface area (Å²) < 4.78 is 10.8. The molecule has 3 atom stereocenters. The van der Waals surface area contributed by atoms with Gasteiger partial charge in [-0.05, 0) is 25.2 Å². The van der Waals surface area contributed by atoms with Crippen LogP contribution in [0, 0.1) is 17.8 Å². The molecule has 0 N–H and O–H groups in total. The summed E-state index contributed by atoms with van der Waals surface area (Å²) >= 11 is 0. The highest BCUT2D eigenvalue weighted by Crippen LogP contribution is 2.33. The summed E-state index contributed by atoms with van der Waals surface area (Å²) in [6.07, 6.45) is 3.44. The van der Waals surface area contributed by atoms with E-state index in [1.165, 1.54) is 5.57 Å². The van der Waals surface area contributed by atoms with Gasteiger partial charge in [0, 0.05) is 19.0 Å². The molecule has 20 heavy (non-hydrogen) atoms. The van der Waals surface area contributed by atoms with Gasteiger partial charge in [-0.1, -0.05) is 25.5 Å². The Morgan fingerprint density at radius 2 is 2.10 bits per heavy atom. The van der Waals surface area contributed by atoms with Crippen molar-refractivity contribution in [3.63, 3.8) is 0 Å². The highest BCUT2D eigenvalue weighted by Gasteiger charge is 2.28. The van der Waals surface area contributed by atoms with Gasteiger partial charge >= 0.3 is 5.97 Å². The van der Waals surface area contributed by atoms with E-state index in [-0.39, 0.29) is 5.97 Å². The molecule has 1 fully saturated rings. The van der Waals surface area contributed by atoms with Crippen molar-refractivity contribution in [1.29, 1.82) is 0 Å². The minimum Gasteiger partial charge on any atom is -0.464 e. The van der Waals surface area contributed by atoms with Gasteiger partial charge in [-0.15, -0.1) is 0 Å². The van der Waals surface area contributed by atoms with Crippen LogP contribution in [-0.2, 0) is 14.3 Å². The molecule has 0 amide bonds. The Morgan fingerprint density at radius 1 is 1.40 bits per heavy atom. The third kappa shape index (κ3) is 4.32. The van der Waals surface area contributed by atoms with Crippen LogP contribution in [0.3, 0.4) is 0 Å². The van der Waals surface area contributed by atoms with Crippen LogP contribution in [-0.4, -0.2) is 50.3 Å². The summed E-state index contributed by atoms with van der Waals surface area (Å²) in [5.41, 5.74) is 1.46. The van der Waals surface area contributed by atoms with Crippen LogP contribution in [0.4, 0.5) is 0 Å². The van der Waals surface area contributed by atoms with Crippen molar-refractivity contribution < 1.29 is 14.3 Å². The molecular formula is C16H27NO3. The second kappa shape index (κ2) is 7.23. The molecule has 1 saturated heterocycles. The molecule has 114 valence electrons. The Kier molecular flexibility index (Phi) is 5.61. The minimum atomic E-state index is -0.0995. The maximum absolute atomic E-state index is 11.9. The van der Waals surface area contributed by atoms with E-state index >= 15 is 0 Å². The van der Waals surface area contributed by atoms with Crippen molar-refractivity contribution in [3.05, 3.63) is 11.6 Å². The van der Waals surface area contributed by atoms with Crippen LogP contribution in [0.2, 0.25) is 0 Å². The van der Waals surface area contributed by atoms with E-state index in [1.807, 2.05) is 0 Å². The number of carbonyl (C=O) groups is 1. The van der Waals surface area contributed by atoms with Crippen molar-refractivity contribution in [2.45, 2.75) is 27.2 Å². The number of morpholine rings is 1. The molecule has 0 saturated carbocycles. The second-order valence-electron chi connectivity index (χ2n) is 6.29. The summed E-state index contributed by atoms with van der Waals surface area (Å²) in [6, 6.07) is 0. The minimum absolute atomic E-state index is 0.0995. The molecule has 4 heteroatoms. The van der Waals surface area contributed by atoms with E-state index in [1.54, 1.807) is 0 Å². The third-order valence-electron chi connectivity index (χ3n) is 4.49. The fourth-order valence-corrected chi connectivity index (χ4v) is 3.31. The maximum atomic E-state index is 11.9. The highest BCUT2D eigenvalue weighted by molar-refractivity contribution is 5.71. The molecule has 2 rings (SSSR count). The zero-order chi connectivity index (χ0) is 14.5. The highest BCUT2D eigenvalue weighted by atomic mass is 16.5. The zero-order valence-electron chi connectivity index (χ0n) is 12.9. The van der Waals surface area contributed by atoms with Crippen LogP contribution in [0.1, 0.15) is 27.2 Å². The van der Waals surface area contributed by atoms with Gasteiger partial charge in [-0.25, -0.2) is 0 Å². The normalized spacial score (nSPS) is 31.8. The number of esters is 1. The first-order valence-electron chi connectivity index (χ1n) is 7.69. The SMILES string of the molecule is CC1=C[C@H](C)[C@H](COC(=O)CN2CCOCC2)[C@H](C)C1. The van der Waals surface area contributed by atoms with Crippen molar-refractivity contribution in [2.24, 2.45) is 17.8 Å². The number of rotatable bonds is 4. The smallest absolute Gasteiger partial charge is 0.320 e. The lowest BCUT2D eigenvalue weighted by Crippen LogP contribution is -2.40. The van der Waals surface area contributed by atoms with Crippen molar-refractivity contribution in [3.8, 4) is 0 Å². The first-order chi connectivity index (χ1) is 9.56. The first-order valence-corrected chi connectivity index (χ1v) is 7.69. The quantitative estimate of drug-likeness (QED) is 0.584. The van der Waals surface area contributed by atoms with Gasteiger partial charge < -0.3 is 9.47 Å². The van der Waals surface area contributed by atoms with E-state index in [2.05, 4.69) is 31.7 Å². The van der Waals surface area contributed by atoms with Crippen LogP contribution in [0.5, 0.6) is 0 Å². The summed E-state index contributed by atoms with van der Waals surface area (Å²) in [6.45, 7) is 10.7. The maximum Gasteiger partial charge on any atom is 0.320 e. The molecule has 4 nitrogen and oxygen atoms in total. The van der Waals surface area contributed by atoms with Gasteiger partial charge in [0.05, 0.1) is 26.4 Å². The van der Waals surface area contributed by atoms with Crippen LogP contribution in [0.25, 0.3) is 0 Å². The van der Waals surface area contributed by atoms with Crippen LogP contribution in [0.15, 0.2) is 11.6 Å². The van der Waals surface area contributed by atoms with E-state index in [9.17, 15) is 4.79 Å². The number of hydrogen-bond acceptors (Lipinski definition) is 4. The zero-order valence-corrected chi connectivity index (χ0v) is 12.9. The largest absolute Gasteiger partial charge is 0.464 e. The Labute approximate surface area is 122 Å². The molecule has 0 spiro atoms. The summed E-state index contributed by atoms with van der Waals surface area (Å²) in [7, 11) is 0. The molecule has 0 radical (unpaired) electrons. The van der Waals surface area contributed by atoms with Gasteiger partial charge in [-0.2, -0.15) is 0 Å². The Morgan fingerprint density at radius 3 is 2.75 bits per heavy atom. The van der Waals surface area contributed by atoms with Crippen LogP contribution < -0.4 is 0 Å². The molecule has 0 bridgehead atoms. The predicted molar refractivity (Wildman–Crippen MR) is 78.4 cm³/mol. The number of carbonyl (C=O) groups excluding carboxylic acids is 1. The fourth-order valence-electron chi connectivity index (χ4n) is 3.31. The summed E-state index contributed by atoms with van der Waals surface area (Å²) in [5.74, 6) is 1.44. The molecule has 0 aromatic rings. The van der Waals surface area contributed by atoms with Gasteiger partial charge in [-0.3, -0.25) is 9.69 Å². The van der Waals surface area contributed by atoms with Crippen LogP contribution >= 0.6 is 0 Å². The predicted octanol–water partition coefficient (Wildman–Crippen LogP) is 2.10. The van der Waals surface area contributed by atoms with E-state index in [0.29, 0.717) is 44.1 Å². The molecule has 0 aromatic carbocycles. The van der Waals surface area contributed by atoms with Gasteiger partial charge in [0.1, 0.15) is 0 Å². The number of hydrogen-bond donors (Lipinski definition) is 0. The molecule has 1 aliphatic heterocycles. The summed E-state index contributed by atoms with van der Waals surface area (Å²) in [5, 5.41) is 0. The summed E-state index contributed by atoms with van der Waals surface area (Å²) in [4.78, 5) is 14.0. The molecule has 1 aliphatic carbocycles. The first kappa shape index (κ1) is 15.5. The van der Waals surface area contributed by atoms with Crippen molar-refractivity contribution in [1.82, 2.24) is 4.90 Å². The van der Waals surface area contributed by atoms with Crippen molar-refractivity contribution >= 4 is 5.97 Å². The second-order valence-corrected chi connectivity index (χ2v) is 6.29. The lowest BCUT2D eigenvalue weighted by Gasteiger charge is -2.33. The molecule has 1 heterocycles. The molecular weight excluding hydrogens is 254 g/mol. The number of ether oxygens (including phenoxy) is 2. The lowest BCUT2D eigenvalue weighted by atomic mass is 9.75. The Hall–Kier alpha value is -0.870. The van der Waals surface area contributed by atoms with Gasteiger partial charge in [0.2, 0.25) is 0 Å². The monoisotopic (exact) mass is 281 g/mol. The van der Waals surface area contributed by atoms with E-state index in [0.717, 1.165) is 19.5 Å². The van der Waals surface area contributed by atoms with E-state index in [4.69, 9.17) is 9.47 Å².